The maximum absolute atomic E-state index is 13.7. The predicted octanol–water partition coefficient (Wildman–Crippen LogP) is 1.87. The van der Waals surface area contributed by atoms with Crippen LogP contribution in [0.3, 0.4) is 0 Å². The molecule has 0 aliphatic carbocycles. The van der Waals surface area contributed by atoms with Crippen LogP contribution < -0.4 is 10.1 Å². The van der Waals surface area contributed by atoms with E-state index >= 15 is 0 Å². The Morgan fingerprint density at radius 1 is 1.22 bits per heavy atom. The van der Waals surface area contributed by atoms with Gasteiger partial charge in [0, 0.05) is 58.3 Å². The summed E-state index contributed by atoms with van der Waals surface area (Å²) >= 11 is 0. The lowest BCUT2D eigenvalue weighted by molar-refractivity contribution is 0.132. The molecule has 150 valence electrons. The predicted molar refractivity (Wildman–Crippen MR) is 104 cm³/mol. The summed E-state index contributed by atoms with van der Waals surface area (Å²) in [6.07, 6.45) is 1.96. The number of hydrogen-bond donors (Lipinski definition) is 1. The van der Waals surface area contributed by atoms with Gasteiger partial charge in [-0.1, -0.05) is 12.1 Å². The van der Waals surface area contributed by atoms with Gasteiger partial charge >= 0.3 is 6.03 Å². The van der Waals surface area contributed by atoms with Gasteiger partial charge in [-0.25, -0.2) is 9.18 Å². The molecule has 2 aliphatic heterocycles. The maximum atomic E-state index is 13.7. The van der Waals surface area contributed by atoms with E-state index in [1.807, 2.05) is 4.90 Å². The van der Waals surface area contributed by atoms with E-state index in [4.69, 9.17) is 4.74 Å². The van der Waals surface area contributed by atoms with Gasteiger partial charge in [-0.15, -0.1) is 0 Å². The van der Waals surface area contributed by atoms with Gasteiger partial charge in [0.05, 0.1) is 6.61 Å². The smallest absolute Gasteiger partial charge is 0.317 e. The lowest BCUT2D eigenvalue weighted by atomic mass is 9.99. The van der Waals surface area contributed by atoms with Crippen molar-refractivity contribution in [2.45, 2.75) is 12.8 Å². The summed E-state index contributed by atoms with van der Waals surface area (Å²) < 4.78 is 19.3. The van der Waals surface area contributed by atoms with Crippen molar-refractivity contribution in [1.82, 2.24) is 20.0 Å². The van der Waals surface area contributed by atoms with Crippen molar-refractivity contribution in [3.63, 3.8) is 0 Å². The van der Waals surface area contributed by atoms with E-state index in [1.54, 1.807) is 18.2 Å². The van der Waals surface area contributed by atoms with Gasteiger partial charge in [-0.3, -0.25) is 4.90 Å². The number of piperazine rings is 1. The van der Waals surface area contributed by atoms with Crippen LogP contribution in [0.5, 0.6) is 5.75 Å². The lowest BCUT2D eigenvalue weighted by Crippen LogP contribution is -2.50. The Hall–Kier alpha value is -1.86. The fourth-order valence-corrected chi connectivity index (χ4v) is 3.66. The summed E-state index contributed by atoms with van der Waals surface area (Å²) in [4.78, 5) is 19.0. The molecule has 0 aromatic heterocycles. The molecule has 2 aliphatic rings. The van der Waals surface area contributed by atoms with Crippen molar-refractivity contribution >= 4 is 6.03 Å². The molecule has 0 bridgehead atoms. The SMILES string of the molecule is CN1CCN(CCNC(=O)N2CCC[C@@H](COc3ccccc3F)C2)CC1. The Morgan fingerprint density at radius 3 is 2.78 bits per heavy atom. The zero-order valence-electron chi connectivity index (χ0n) is 16.2. The van der Waals surface area contributed by atoms with Gasteiger partial charge in [0.1, 0.15) is 0 Å². The second kappa shape index (κ2) is 9.90. The normalized spacial score (nSPS) is 21.9. The number of carbonyl (C=O) groups excluding carboxylic acids is 1. The second-order valence-corrected chi connectivity index (χ2v) is 7.57. The van der Waals surface area contributed by atoms with Crippen LogP contribution >= 0.6 is 0 Å². The summed E-state index contributed by atoms with van der Waals surface area (Å²) in [6.45, 7) is 7.74. The monoisotopic (exact) mass is 378 g/mol. The molecule has 0 spiro atoms. The summed E-state index contributed by atoms with van der Waals surface area (Å²) in [5.74, 6) is 0.180. The third-order valence-electron chi connectivity index (χ3n) is 5.42. The van der Waals surface area contributed by atoms with Gasteiger partial charge in [-0.2, -0.15) is 0 Å². The molecule has 1 atom stereocenters. The number of halogens is 1. The van der Waals surface area contributed by atoms with E-state index in [1.165, 1.54) is 6.07 Å². The van der Waals surface area contributed by atoms with E-state index in [0.29, 0.717) is 19.7 Å². The Labute approximate surface area is 161 Å². The Bertz CT molecular complexity index is 607. The highest BCUT2D eigenvalue weighted by Gasteiger charge is 2.24. The maximum Gasteiger partial charge on any atom is 0.317 e. The average Bonchev–Trinajstić information content (AvgIpc) is 2.69. The number of nitrogens with zero attached hydrogens (tertiary/aromatic N) is 3. The molecule has 0 unspecified atom stereocenters. The molecular weight excluding hydrogens is 347 g/mol. The Kier molecular flexibility index (Phi) is 7.29. The number of hydrogen-bond acceptors (Lipinski definition) is 4. The topological polar surface area (TPSA) is 48.0 Å². The third kappa shape index (κ3) is 6.07. The first-order valence-corrected chi connectivity index (χ1v) is 9.93. The molecule has 1 aromatic carbocycles. The number of benzene rings is 1. The Morgan fingerprint density at radius 2 is 2.00 bits per heavy atom. The van der Waals surface area contributed by atoms with Crippen LogP contribution in [0.25, 0.3) is 0 Å². The van der Waals surface area contributed by atoms with Crippen LogP contribution in [0, 0.1) is 11.7 Å². The van der Waals surface area contributed by atoms with Crippen LogP contribution in [0.15, 0.2) is 24.3 Å². The largest absolute Gasteiger partial charge is 0.490 e. The first-order chi connectivity index (χ1) is 13.1. The number of amides is 2. The summed E-state index contributed by atoms with van der Waals surface area (Å²) in [5, 5.41) is 3.05. The molecule has 6 nitrogen and oxygen atoms in total. The Balaban J connectivity index is 1.37. The molecule has 1 aromatic rings. The van der Waals surface area contributed by atoms with Crippen LogP contribution in [0.4, 0.5) is 9.18 Å². The van der Waals surface area contributed by atoms with Gasteiger partial charge in [-0.05, 0) is 32.0 Å². The van der Waals surface area contributed by atoms with E-state index in [9.17, 15) is 9.18 Å². The fraction of sp³-hybridized carbons (Fsp3) is 0.650. The van der Waals surface area contributed by atoms with Crippen LogP contribution in [0.2, 0.25) is 0 Å². The number of ether oxygens (including phenoxy) is 1. The minimum atomic E-state index is -0.341. The third-order valence-corrected chi connectivity index (χ3v) is 5.42. The van der Waals surface area contributed by atoms with Crippen LogP contribution in [-0.4, -0.2) is 86.7 Å². The first-order valence-electron chi connectivity index (χ1n) is 9.93. The minimum Gasteiger partial charge on any atom is -0.490 e. The van der Waals surface area contributed by atoms with Crippen molar-refractivity contribution in [3.05, 3.63) is 30.1 Å². The van der Waals surface area contributed by atoms with E-state index in [-0.39, 0.29) is 23.5 Å². The van der Waals surface area contributed by atoms with Gasteiger partial charge < -0.3 is 19.9 Å². The average molecular weight is 378 g/mol. The molecule has 1 N–H and O–H groups in total. The quantitative estimate of drug-likeness (QED) is 0.821. The lowest BCUT2D eigenvalue weighted by Gasteiger charge is -2.34. The minimum absolute atomic E-state index is 0.000260. The van der Waals surface area contributed by atoms with Crippen molar-refractivity contribution in [2.24, 2.45) is 5.92 Å². The molecule has 0 radical (unpaired) electrons. The summed E-state index contributed by atoms with van der Waals surface area (Å²) in [6, 6.07) is 6.45. The first kappa shape index (κ1) is 19.9. The van der Waals surface area contributed by atoms with Crippen molar-refractivity contribution in [2.75, 3.05) is 66.0 Å². The van der Waals surface area contributed by atoms with Gasteiger partial charge in [0.25, 0.3) is 0 Å². The number of para-hydroxylation sites is 1. The van der Waals surface area contributed by atoms with Gasteiger partial charge in [0.2, 0.25) is 0 Å². The standard InChI is InChI=1S/C20H31FN4O2/c1-23-11-13-24(14-12-23)10-8-22-20(26)25-9-4-5-17(15-25)16-27-19-7-3-2-6-18(19)21/h2-3,6-7,17H,4-5,8-16H2,1H3,(H,22,26)/t17-/m1/s1. The van der Waals surface area contributed by atoms with Crippen molar-refractivity contribution < 1.29 is 13.9 Å². The number of likely N-dealkylation sites (tertiary alicyclic amines) is 1. The van der Waals surface area contributed by atoms with E-state index in [2.05, 4.69) is 22.2 Å². The molecule has 2 amide bonds. The summed E-state index contributed by atoms with van der Waals surface area (Å²) in [7, 11) is 2.14. The molecule has 3 rings (SSSR count). The summed E-state index contributed by atoms with van der Waals surface area (Å²) in [5.41, 5.74) is 0. The van der Waals surface area contributed by atoms with E-state index < -0.39 is 0 Å². The highest BCUT2D eigenvalue weighted by Crippen LogP contribution is 2.20. The van der Waals surface area contributed by atoms with Crippen molar-refractivity contribution in [1.29, 1.82) is 0 Å². The zero-order chi connectivity index (χ0) is 19.1. The molecule has 27 heavy (non-hydrogen) atoms. The number of likely N-dealkylation sites (N-methyl/N-ethyl adjacent to an activating group) is 1. The number of nitrogens with one attached hydrogen (secondary N) is 1. The highest BCUT2D eigenvalue weighted by atomic mass is 19.1. The molecule has 2 fully saturated rings. The molecule has 7 heteroatoms. The number of piperidine rings is 1. The van der Waals surface area contributed by atoms with Crippen molar-refractivity contribution in [3.8, 4) is 5.75 Å². The second-order valence-electron chi connectivity index (χ2n) is 7.57. The van der Waals surface area contributed by atoms with Crippen LogP contribution in [-0.2, 0) is 0 Å². The number of rotatable bonds is 6. The molecule has 2 heterocycles. The van der Waals surface area contributed by atoms with Crippen LogP contribution in [0.1, 0.15) is 12.8 Å². The molecule has 2 saturated heterocycles. The fourth-order valence-electron chi connectivity index (χ4n) is 3.66. The highest BCUT2D eigenvalue weighted by molar-refractivity contribution is 5.74. The molecule has 0 saturated carbocycles. The number of urea groups is 1. The van der Waals surface area contributed by atoms with E-state index in [0.717, 1.165) is 52.1 Å². The van der Waals surface area contributed by atoms with Gasteiger partial charge in [0.15, 0.2) is 11.6 Å². The zero-order valence-corrected chi connectivity index (χ0v) is 16.2. The number of carbonyl (C=O) groups is 1. The molecular formula is C20H31FN4O2.